The zero-order valence-electron chi connectivity index (χ0n) is 24.0. The van der Waals surface area contributed by atoms with Crippen LogP contribution in [-0.4, -0.2) is 72.1 Å². The second-order valence-electron chi connectivity index (χ2n) is 10.1. The lowest BCUT2D eigenvalue weighted by Gasteiger charge is -2.20. The number of ether oxygens (including phenoxy) is 4. The topological polar surface area (TPSA) is 96.1 Å². The molecule has 0 aliphatic carbocycles. The van der Waals surface area contributed by atoms with Crippen LogP contribution in [0.5, 0.6) is 11.5 Å². The van der Waals surface area contributed by atoms with E-state index in [0.717, 1.165) is 46.0 Å². The average molecular weight is 555 g/mol. The molecule has 0 saturated carbocycles. The summed E-state index contributed by atoms with van der Waals surface area (Å²) in [6.07, 6.45) is 4.71. The second kappa shape index (κ2) is 12.3. The van der Waals surface area contributed by atoms with Gasteiger partial charge in [-0.3, -0.25) is 0 Å². The predicted molar refractivity (Wildman–Crippen MR) is 154 cm³/mol. The highest BCUT2D eigenvalue weighted by Crippen LogP contribution is 2.33. The van der Waals surface area contributed by atoms with Gasteiger partial charge in [-0.05, 0) is 44.5 Å². The van der Waals surface area contributed by atoms with Crippen LogP contribution in [0.15, 0.2) is 24.4 Å². The van der Waals surface area contributed by atoms with E-state index < -0.39 is 0 Å². The Morgan fingerprint density at radius 1 is 1.13 bits per heavy atom. The van der Waals surface area contributed by atoms with E-state index in [1.807, 2.05) is 31.3 Å². The molecule has 0 saturated heterocycles. The Balaban J connectivity index is 1.71. The molecule has 0 amide bonds. The lowest BCUT2D eigenvalue weighted by molar-refractivity contribution is -0.110. The molecule has 0 aliphatic heterocycles. The van der Waals surface area contributed by atoms with E-state index in [1.54, 1.807) is 37.2 Å². The Morgan fingerprint density at radius 3 is 2.59 bits per heavy atom. The maximum absolute atomic E-state index is 5.64. The Hall–Kier alpha value is -3.28. The van der Waals surface area contributed by atoms with E-state index in [1.165, 1.54) is 0 Å². The number of methoxy groups -OCH3 is 3. The summed E-state index contributed by atoms with van der Waals surface area (Å²) in [6, 6.07) is 5.60. The van der Waals surface area contributed by atoms with Crippen LogP contribution in [0.4, 0.5) is 5.13 Å². The zero-order chi connectivity index (χ0) is 28.2. The van der Waals surface area contributed by atoms with Crippen molar-refractivity contribution in [2.45, 2.75) is 52.7 Å². The first-order valence-corrected chi connectivity index (χ1v) is 13.9. The number of benzene rings is 1. The van der Waals surface area contributed by atoms with Crippen molar-refractivity contribution in [1.82, 2.24) is 24.8 Å². The average Bonchev–Trinajstić information content (AvgIpc) is 3.64. The van der Waals surface area contributed by atoms with E-state index in [-0.39, 0.29) is 11.7 Å². The highest BCUT2D eigenvalue weighted by atomic mass is 32.1. The molecule has 4 rings (SSSR count). The summed E-state index contributed by atoms with van der Waals surface area (Å²) in [7, 11) is 4.92. The van der Waals surface area contributed by atoms with Crippen LogP contribution < -0.4 is 19.6 Å². The third kappa shape index (κ3) is 6.32. The predicted octanol–water partition coefficient (Wildman–Crippen LogP) is 4.34. The summed E-state index contributed by atoms with van der Waals surface area (Å²) in [5.74, 6) is 1.97. The monoisotopic (exact) mass is 554 g/mol. The SMILES string of the molecule is CCN(CCCOC(C)OC)c1ncc(/C=c2/c(C(C)(C)C)nn3c(-c4cc(OC)ccc4OC)nnc23)s1. The van der Waals surface area contributed by atoms with Crippen molar-refractivity contribution >= 4 is 28.2 Å². The molecule has 11 heteroatoms. The smallest absolute Gasteiger partial charge is 0.189 e. The van der Waals surface area contributed by atoms with E-state index in [9.17, 15) is 0 Å². The molecule has 1 unspecified atom stereocenters. The van der Waals surface area contributed by atoms with Crippen molar-refractivity contribution in [2.75, 3.05) is 45.9 Å². The van der Waals surface area contributed by atoms with Gasteiger partial charge in [-0.15, -0.1) is 10.2 Å². The zero-order valence-corrected chi connectivity index (χ0v) is 24.8. The highest BCUT2D eigenvalue weighted by Gasteiger charge is 2.25. The fourth-order valence-electron chi connectivity index (χ4n) is 4.24. The summed E-state index contributed by atoms with van der Waals surface area (Å²) < 4.78 is 23.6. The lowest BCUT2D eigenvalue weighted by atomic mass is 9.91. The fourth-order valence-corrected chi connectivity index (χ4v) is 5.19. The van der Waals surface area contributed by atoms with Gasteiger partial charge in [-0.25, -0.2) is 4.98 Å². The van der Waals surface area contributed by atoms with Crippen LogP contribution in [0.25, 0.3) is 23.1 Å². The number of anilines is 1. The second-order valence-corrected chi connectivity index (χ2v) is 11.2. The van der Waals surface area contributed by atoms with Crippen LogP contribution in [0.2, 0.25) is 0 Å². The molecule has 1 atom stereocenters. The lowest BCUT2D eigenvalue weighted by Crippen LogP contribution is -2.25. The summed E-state index contributed by atoms with van der Waals surface area (Å²) in [4.78, 5) is 8.00. The van der Waals surface area contributed by atoms with Crippen LogP contribution in [-0.2, 0) is 14.9 Å². The fraction of sp³-hybridized carbons (Fsp3) is 0.500. The van der Waals surface area contributed by atoms with Gasteiger partial charge in [0.25, 0.3) is 0 Å². The first-order valence-electron chi connectivity index (χ1n) is 13.0. The van der Waals surface area contributed by atoms with Crippen LogP contribution >= 0.6 is 11.3 Å². The molecule has 0 radical (unpaired) electrons. The first-order chi connectivity index (χ1) is 18.7. The third-order valence-corrected chi connectivity index (χ3v) is 7.41. The van der Waals surface area contributed by atoms with Crippen molar-refractivity contribution in [3.8, 4) is 22.9 Å². The molecule has 0 bridgehead atoms. The number of hydrogen-bond donors (Lipinski definition) is 0. The summed E-state index contributed by atoms with van der Waals surface area (Å²) in [6.45, 7) is 12.8. The third-order valence-electron chi connectivity index (χ3n) is 6.40. The molecule has 0 N–H and O–H groups in total. The van der Waals surface area contributed by atoms with Gasteiger partial charge in [0, 0.05) is 41.9 Å². The van der Waals surface area contributed by atoms with Crippen LogP contribution in [0.1, 0.15) is 51.6 Å². The van der Waals surface area contributed by atoms with Gasteiger partial charge in [0.05, 0.1) is 32.1 Å². The van der Waals surface area contributed by atoms with Crippen LogP contribution in [0, 0.1) is 0 Å². The highest BCUT2D eigenvalue weighted by molar-refractivity contribution is 7.16. The van der Waals surface area contributed by atoms with Gasteiger partial charge in [0.1, 0.15) is 11.5 Å². The molecule has 10 nitrogen and oxygen atoms in total. The standard InChI is InChI=1S/C28H38N6O4S/c1-9-33(13-10-14-38-18(2)35-6)27-29-17-20(39-27)16-22-24(28(3,4)5)32-34-25(30-31-26(22)34)21-15-19(36-7)11-12-23(21)37-8/h11-12,15-18H,9-10,13-14H2,1-8H3/b22-16-. The first kappa shape index (κ1) is 28.7. The van der Waals surface area contributed by atoms with Crippen molar-refractivity contribution in [3.63, 3.8) is 0 Å². The summed E-state index contributed by atoms with van der Waals surface area (Å²) in [5, 5.41) is 15.9. The molecule has 0 aliphatic rings. The minimum Gasteiger partial charge on any atom is -0.497 e. The number of hydrogen-bond acceptors (Lipinski definition) is 10. The molecular weight excluding hydrogens is 516 g/mol. The normalized spacial score (nSPS) is 13.3. The molecule has 4 aromatic rings. The number of fused-ring (bicyclic) bond motifs is 1. The number of rotatable bonds is 12. The molecule has 1 aromatic carbocycles. The van der Waals surface area contributed by atoms with E-state index in [2.05, 4.69) is 48.9 Å². The molecule has 39 heavy (non-hydrogen) atoms. The van der Waals surface area contributed by atoms with Gasteiger partial charge in [-0.2, -0.15) is 9.61 Å². The van der Waals surface area contributed by atoms with E-state index in [0.29, 0.717) is 29.6 Å². The van der Waals surface area contributed by atoms with E-state index >= 15 is 0 Å². The minimum atomic E-state index is -0.218. The molecule has 3 heterocycles. The number of nitrogens with zero attached hydrogens (tertiary/aromatic N) is 6. The molecule has 3 aromatic heterocycles. The van der Waals surface area contributed by atoms with Crippen molar-refractivity contribution < 1.29 is 18.9 Å². The van der Waals surface area contributed by atoms with Gasteiger partial charge >= 0.3 is 0 Å². The van der Waals surface area contributed by atoms with Crippen LogP contribution in [0.3, 0.4) is 0 Å². The summed E-state index contributed by atoms with van der Waals surface area (Å²) >= 11 is 1.65. The Morgan fingerprint density at radius 2 is 1.92 bits per heavy atom. The number of thiazole rings is 1. The quantitative estimate of drug-likeness (QED) is 0.187. The molecular formula is C28H38N6O4S. The van der Waals surface area contributed by atoms with Gasteiger partial charge in [0.2, 0.25) is 0 Å². The van der Waals surface area contributed by atoms with Crippen molar-refractivity contribution in [2.24, 2.45) is 0 Å². The molecule has 0 spiro atoms. The molecule has 210 valence electrons. The van der Waals surface area contributed by atoms with Crippen molar-refractivity contribution in [3.05, 3.63) is 40.2 Å². The maximum atomic E-state index is 5.64. The van der Waals surface area contributed by atoms with Gasteiger partial charge < -0.3 is 23.8 Å². The summed E-state index contributed by atoms with van der Waals surface area (Å²) in [5.41, 5.74) is 2.16. The maximum Gasteiger partial charge on any atom is 0.189 e. The number of aromatic nitrogens is 5. The Bertz CT molecular complexity index is 1440. The molecule has 0 fully saturated rings. The Kier molecular flexibility index (Phi) is 9.04. The van der Waals surface area contributed by atoms with Crippen molar-refractivity contribution in [1.29, 1.82) is 0 Å². The Labute approximate surface area is 233 Å². The van der Waals surface area contributed by atoms with E-state index in [4.69, 9.17) is 29.0 Å². The largest absolute Gasteiger partial charge is 0.497 e. The minimum absolute atomic E-state index is 0.198. The van der Waals surface area contributed by atoms with Gasteiger partial charge in [-0.1, -0.05) is 32.1 Å². The van der Waals surface area contributed by atoms with Gasteiger partial charge in [0.15, 0.2) is 22.9 Å².